The fraction of sp³-hybridized carbons (Fsp3) is 0.368. The molecule has 1 aliphatic rings. The van der Waals surface area contributed by atoms with E-state index in [4.69, 9.17) is 0 Å². The number of carbonyl (C=O) groups is 1. The minimum atomic E-state index is -4.40. The lowest BCUT2D eigenvalue weighted by Gasteiger charge is -2.30. The second-order valence-electron chi connectivity index (χ2n) is 6.63. The van der Waals surface area contributed by atoms with Gasteiger partial charge < -0.3 is 10.2 Å². The molecule has 1 aromatic carbocycles. The normalized spacial score (nSPS) is 17.8. The summed E-state index contributed by atoms with van der Waals surface area (Å²) in [6.45, 7) is 3.51. The molecule has 2 heterocycles. The highest BCUT2D eigenvalue weighted by Crippen LogP contribution is 2.31. The Labute approximate surface area is 150 Å². The van der Waals surface area contributed by atoms with E-state index in [0.29, 0.717) is 30.4 Å². The van der Waals surface area contributed by atoms with Crippen LogP contribution in [0.5, 0.6) is 0 Å². The van der Waals surface area contributed by atoms with Crippen molar-refractivity contribution < 1.29 is 18.0 Å². The Hall–Kier alpha value is -2.57. The summed E-state index contributed by atoms with van der Waals surface area (Å²) in [5.74, 6) is 0.309. The number of nitrogens with zero attached hydrogens (tertiary/aromatic N) is 2. The van der Waals surface area contributed by atoms with Gasteiger partial charge in [-0.15, -0.1) is 0 Å². The van der Waals surface area contributed by atoms with Crippen LogP contribution >= 0.6 is 0 Å². The second-order valence-corrected chi connectivity index (χ2v) is 6.63. The smallest absolute Gasteiger partial charge is 0.355 e. The number of anilines is 2. The molecule has 0 radical (unpaired) electrons. The summed E-state index contributed by atoms with van der Waals surface area (Å²) in [4.78, 5) is 18.5. The number of rotatable bonds is 3. The fourth-order valence-corrected chi connectivity index (χ4v) is 3.10. The summed E-state index contributed by atoms with van der Waals surface area (Å²) in [7, 11) is 0. The Balaban J connectivity index is 1.76. The molecule has 1 aliphatic heterocycles. The quantitative estimate of drug-likeness (QED) is 0.859. The molecule has 7 heteroatoms. The van der Waals surface area contributed by atoms with Crippen molar-refractivity contribution in [3.63, 3.8) is 0 Å². The van der Waals surface area contributed by atoms with Gasteiger partial charge in [0.15, 0.2) is 0 Å². The van der Waals surface area contributed by atoms with Crippen LogP contribution in [0.4, 0.5) is 24.5 Å². The highest BCUT2D eigenvalue weighted by molar-refractivity contribution is 5.93. The Bertz CT molecular complexity index is 792. The predicted molar refractivity (Wildman–Crippen MR) is 93.3 cm³/mol. The van der Waals surface area contributed by atoms with Gasteiger partial charge in [0.1, 0.15) is 5.69 Å². The van der Waals surface area contributed by atoms with Crippen molar-refractivity contribution in [2.45, 2.75) is 25.9 Å². The Morgan fingerprint density at radius 1 is 1.23 bits per heavy atom. The Morgan fingerprint density at radius 3 is 2.73 bits per heavy atom. The summed E-state index contributed by atoms with van der Waals surface area (Å²) in [6, 6.07) is 8.13. The van der Waals surface area contributed by atoms with Gasteiger partial charge in [0.05, 0.1) is 5.56 Å². The lowest BCUT2D eigenvalue weighted by atomic mass is 10.00. The van der Waals surface area contributed by atoms with E-state index in [1.54, 1.807) is 23.1 Å². The Morgan fingerprint density at radius 2 is 2.00 bits per heavy atom. The standard InChI is InChI=1S/C19H20F3N3O/c1-13-4-3-9-25(12-13)18(26)17-11-16(7-8-23-17)24-15-6-2-5-14(10-15)19(20,21)22/h2,5-8,10-11,13H,3-4,9,12H2,1H3,(H,23,24). The van der Waals surface area contributed by atoms with Gasteiger partial charge in [-0.3, -0.25) is 9.78 Å². The fourth-order valence-electron chi connectivity index (χ4n) is 3.10. The van der Waals surface area contributed by atoms with Gasteiger partial charge in [-0.1, -0.05) is 13.0 Å². The molecule has 1 fully saturated rings. The summed E-state index contributed by atoms with van der Waals surface area (Å²) >= 11 is 0. The van der Waals surface area contributed by atoms with Crippen molar-refractivity contribution in [3.05, 3.63) is 53.9 Å². The number of nitrogens with one attached hydrogen (secondary N) is 1. The van der Waals surface area contributed by atoms with E-state index >= 15 is 0 Å². The first kappa shape index (κ1) is 18.2. The van der Waals surface area contributed by atoms with Crippen molar-refractivity contribution in [1.29, 1.82) is 0 Å². The molecule has 0 saturated carbocycles. The summed E-state index contributed by atoms with van der Waals surface area (Å²) in [5.41, 5.74) is 0.384. The zero-order valence-corrected chi connectivity index (χ0v) is 14.4. The number of hydrogen-bond acceptors (Lipinski definition) is 3. The molecule has 1 saturated heterocycles. The first-order valence-electron chi connectivity index (χ1n) is 8.52. The molecule has 0 bridgehead atoms. The van der Waals surface area contributed by atoms with Crippen molar-refractivity contribution in [3.8, 4) is 0 Å². The van der Waals surface area contributed by atoms with E-state index in [0.717, 1.165) is 25.0 Å². The molecule has 138 valence electrons. The lowest BCUT2D eigenvalue weighted by Crippen LogP contribution is -2.39. The topological polar surface area (TPSA) is 45.2 Å². The average Bonchev–Trinajstić information content (AvgIpc) is 2.61. The van der Waals surface area contributed by atoms with E-state index in [9.17, 15) is 18.0 Å². The highest BCUT2D eigenvalue weighted by atomic mass is 19.4. The number of pyridine rings is 1. The van der Waals surface area contributed by atoms with Crippen molar-refractivity contribution in [2.24, 2.45) is 5.92 Å². The molecule has 2 aromatic rings. The monoisotopic (exact) mass is 363 g/mol. The van der Waals surface area contributed by atoms with Crippen LogP contribution in [-0.4, -0.2) is 28.9 Å². The third-order valence-corrected chi connectivity index (χ3v) is 4.40. The molecule has 4 nitrogen and oxygen atoms in total. The van der Waals surface area contributed by atoms with Crippen LogP contribution in [0, 0.1) is 5.92 Å². The van der Waals surface area contributed by atoms with Gasteiger partial charge in [-0.25, -0.2) is 0 Å². The lowest BCUT2D eigenvalue weighted by molar-refractivity contribution is -0.137. The van der Waals surface area contributed by atoms with Gasteiger partial charge in [0.25, 0.3) is 5.91 Å². The number of aromatic nitrogens is 1. The number of halogens is 3. The number of hydrogen-bond donors (Lipinski definition) is 1. The molecular formula is C19H20F3N3O. The summed E-state index contributed by atoms with van der Waals surface area (Å²) < 4.78 is 38.5. The molecule has 1 N–H and O–H groups in total. The van der Waals surface area contributed by atoms with Crippen LogP contribution in [0.1, 0.15) is 35.8 Å². The molecule has 26 heavy (non-hydrogen) atoms. The predicted octanol–water partition coefficient (Wildman–Crippen LogP) is 4.72. The van der Waals surface area contributed by atoms with E-state index in [-0.39, 0.29) is 11.6 Å². The molecule has 1 aromatic heterocycles. The average molecular weight is 363 g/mol. The number of piperidine rings is 1. The third-order valence-electron chi connectivity index (χ3n) is 4.40. The van der Waals surface area contributed by atoms with E-state index in [1.807, 2.05) is 0 Å². The zero-order valence-electron chi connectivity index (χ0n) is 14.4. The maximum Gasteiger partial charge on any atom is 0.416 e. The highest BCUT2D eigenvalue weighted by Gasteiger charge is 2.30. The SMILES string of the molecule is CC1CCCN(C(=O)c2cc(Nc3cccc(C(F)(F)F)c3)ccn2)C1. The van der Waals surface area contributed by atoms with E-state index < -0.39 is 11.7 Å². The largest absolute Gasteiger partial charge is 0.416 e. The number of benzene rings is 1. The van der Waals surface area contributed by atoms with Crippen molar-refractivity contribution >= 4 is 17.3 Å². The Kier molecular flexibility index (Phi) is 5.15. The maximum absolute atomic E-state index is 12.8. The van der Waals surface area contributed by atoms with Crippen LogP contribution in [0.15, 0.2) is 42.6 Å². The van der Waals surface area contributed by atoms with E-state index in [1.165, 1.54) is 12.3 Å². The molecule has 1 atom stereocenters. The molecular weight excluding hydrogens is 343 g/mol. The summed E-state index contributed by atoms with van der Waals surface area (Å²) in [6.07, 6.45) is -0.845. The number of carbonyl (C=O) groups excluding carboxylic acids is 1. The second kappa shape index (κ2) is 7.35. The van der Waals surface area contributed by atoms with Crippen LogP contribution in [0.2, 0.25) is 0 Å². The number of alkyl halides is 3. The molecule has 3 rings (SSSR count). The van der Waals surface area contributed by atoms with Crippen molar-refractivity contribution in [2.75, 3.05) is 18.4 Å². The van der Waals surface area contributed by atoms with Crippen LogP contribution in [-0.2, 0) is 6.18 Å². The molecule has 1 amide bonds. The van der Waals surface area contributed by atoms with E-state index in [2.05, 4.69) is 17.2 Å². The van der Waals surface area contributed by atoms with Gasteiger partial charge in [0, 0.05) is 30.7 Å². The summed E-state index contributed by atoms with van der Waals surface area (Å²) in [5, 5.41) is 2.91. The maximum atomic E-state index is 12.8. The van der Waals surface area contributed by atoms with Gasteiger partial charge >= 0.3 is 6.18 Å². The van der Waals surface area contributed by atoms with Gasteiger partial charge in [-0.05, 0) is 49.1 Å². The number of likely N-dealkylation sites (tertiary alicyclic amines) is 1. The zero-order chi connectivity index (χ0) is 18.7. The van der Waals surface area contributed by atoms with Crippen LogP contribution in [0.3, 0.4) is 0 Å². The van der Waals surface area contributed by atoms with Gasteiger partial charge in [-0.2, -0.15) is 13.2 Å². The van der Waals surface area contributed by atoms with Gasteiger partial charge in [0.2, 0.25) is 0 Å². The minimum Gasteiger partial charge on any atom is -0.355 e. The molecule has 0 aliphatic carbocycles. The molecule has 1 unspecified atom stereocenters. The minimum absolute atomic E-state index is 0.149. The van der Waals surface area contributed by atoms with Crippen LogP contribution < -0.4 is 5.32 Å². The first-order chi connectivity index (χ1) is 12.3. The number of amides is 1. The third kappa shape index (κ3) is 4.33. The van der Waals surface area contributed by atoms with Crippen LogP contribution in [0.25, 0.3) is 0 Å². The van der Waals surface area contributed by atoms with Crippen molar-refractivity contribution in [1.82, 2.24) is 9.88 Å². The first-order valence-corrected chi connectivity index (χ1v) is 8.52. The molecule has 0 spiro atoms.